The van der Waals surface area contributed by atoms with Crippen molar-refractivity contribution in [3.8, 4) is 0 Å². The summed E-state index contributed by atoms with van der Waals surface area (Å²) in [5.74, 6) is -1.18. The van der Waals surface area contributed by atoms with Gasteiger partial charge in [-0.25, -0.2) is 8.42 Å². The quantitative estimate of drug-likeness (QED) is 0.469. The number of nitrogens with one attached hydrogen (secondary N) is 3. The van der Waals surface area contributed by atoms with Gasteiger partial charge in [0, 0.05) is 27.7 Å². The van der Waals surface area contributed by atoms with Crippen LogP contribution in [0.25, 0.3) is 10.8 Å². The Hall–Kier alpha value is -3.92. The first-order valence-electron chi connectivity index (χ1n) is 9.61. The minimum atomic E-state index is -3.94. The van der Waals surface area contributed by atoms with Gasteiger partial charge in [-0.3, -0.25) is 19.1 Å². The van der Waals surface area contributed by atoms with Crippen molar-refractivity contribution < 1.29 is 27.5 Å². The zero-order valence-electron chi connectivity index (χ0n) is 17.0. The number of rotatable bonds is 7. The number of amides is 2. The van der Waals surface area contributed by atoms with E-state index in [1.165, 1.54) is 13.2 Å². The van der Waals surface area contributed by atoms with Gasteiger partial charge in [-0.15, -0.1) is 0 Å². The second-order valence-corrected chi connectivity index (χ2v) is 8.78. The Labute approximate surface area is 183 Å². The lowest BCUT2D eigenvalue weighted by molar-refractivity contribution is -0.141. The third-order valence-electron chi connectivity index (χ3n) is 5.01. The standard InChI is InChI=1S/C22H19N3O6S/c1-31-20(27)12-23-19(26)11-13-5-7-14(8-6-13)25-32(29,30)18-10-9-17-21-15(18)3-2-4-16(21)22(28)24-17/h2-10,25H,11-12H2,1H3,(H,23,26)(H,24,28). The summed E-state index contributed by atoms with van der Waals surface area (Å²) in [4.78, 5) is 35.1. The number of sulfonamides is 1. The van der Waals surface area contributed by atoms with Crippen molar-refractivity contribution in [1.29, 1.82) is 0 Å². The van der Waals surface area contributed by atoms with Crippen LogP contribution in [-0.2, 0) is 30.8 Å². The fourth-order valence-electron chi connectivity index (χ4n) is 3.49. The number of hydrogen-bond donors (Lipinski definition) is 3. The summed E-state index contributed by atoms with van der Waals surface area (Å²) in [6.07, 6.45) is 0.0277. The molecule has 1 aliphatic heterocycles. The number of esters is 1. The van der Waals surface area contributed by atoms with Crippen LogP contribution in [0, 0.1) is 0 Å². The normalized spacial score (nSPS) is 12.3. The number of benzene rings is 3. The van der Waals surface area contributed by atoms with Crippen LogP contribution in [0.2, 0.25) is 0 Å². The number of hydrogen-bond acceptors (Lipinski definition) is 6. The lowest BCUT2D eigenvalue weighted by Gasteiger charge is -2.12. The Bertz CT molecular complexity index is 1350. The van der Waals surface area contributed by atoms with Crippen LogP contribution >= 0.6 is 0 Å². The Balaban J connectivity index is 1.51. The van der Waals surface area contributed by atoms with E-state index in [1.807, 2.05) is 0 Å². The Morgan fingerprint density at radius 1 is 1.03 bits per heavy atom. The maximum absolute atomic E-state index is 13.1. The molecule has 1 aliphatic rings. The van der Waals surface area contributed by atoms with Crippen molar-refractivity contribution in [3.63, 3.8) is 0 Å². The Morgan fingerprint density at radius 2 is 1.78 bits per heavy atom. The summed E-state index contributed by atoms with van der Waals surface area (Å²) in [7, 11) is -2.71. The molecule has 0 unspecified atom stereocenters. The molecule has 164 valence electrons. The SMILES string of the molecule is COC(=O)CNC(=O)Cc1ccc(NS(=O)(=O)c2ccc3c4c(cccc24)C(=O)N3)cc1. The van der Waals surface area contributed by atoms with Gasteiger partial charge < -0.3 is 15.4 Å². The molecular weight excluding hydrogens is 434 g/mol. The van der Waals surface area contributed by atoms with E-state index >= 15 is 0 Å². The minimum absolute atomic E-state index is 0.0277. The number of methoxy groups -OCH3 is 1. The van der Waals surface area contributed by atoms with E-state index in [1.54, 1.807) is 48.5 Å². The zero-order chi connectivity index (χ0) is 22.9. The van der Waals surface area contributed by atoms with E-state index < -0.39 is 16.0 Å². The van der Waals surface area contributed by atoms with Crippen molar-refractivity contribution >= 4 is 50.0 Å². The van der Waals surface area contributed by atoms with Gasteiger partial charge in [0.1, 0.15) is 6.54 Å². The molecule has 0 aromatic heterocycles. The summed E-state index contributed by atoms with van der Waals surface area (Å²) in [5.41, 5.74) is 1.98. The summed E-state index contributed by atoms with van der Waals surface area (Å²) in [5, 5.41) is 6.19. The predicted molar refractivity (Wildman–Crippen MR) is 118 cm³/mol. The van der Waals surface area contributed by atoms with E-state index in [2.05, 4.69) is 20.1 Å². The summed E-state index contributed by atoms with van der Waals surface area (Å²) < 4.78 is 33.1. The van der Waals surface area contributed by atoms with Crippen LogP contribution in [0.3, 0.4) is 0 Å². The number of ether oxygens (including phenoxy) is 1. The molecule has 0 aliphatic carbocycles. The molecule has 3 aromatic rings. The van der Waals surface area contributed by atoms with Crippen LogP contribution < -0.4 is 15.4 Å². The van der Waals surface area contributed by atoms with Crippen molar-refractivity contribution in [2.75, 3.05) is 23.7 Å². The van der Waals surface area contributed by atoms with Crippen LogP contribution in [0.1, 0.15) is 15.9 Å². The molecule has 2 amide bonds. The first-order valence-corrected chi connectivity index (χ1v) is 11.1. The van der Waals surface area contributed by atoms with Gasteiger partial charge >= 0.3 is 5.97 Å². The molecule has 0 bridgehead atoms. The van der Waals surface area contributed by atoms with E-state index in [-0.39, 0.29) is 29.7 Å². The topological polar surface area (TPSA) is 131 Å². The van der Waals surface area contributed by atoms with E-state index in [4.69, 9.17) is 0 Å². The lowest BCUT2D eigenvalue weighted by Crippen LogP contribution is -2.31. The van der Waals surface area contributed by atoms with Gasteiger partial charge in [-0.1, -0.05) is 24.3 Å². The maximum Gasteiger partial charge on any atom is 0.325 e. The molecule has 0 fully saturated rings. The van der Waals surface area contributed by atoms with Crippen LogP contribution in [0.5, 0.6) is 0 Å². The van der Waals surface area contributed by atoms with Crippen LogP contribution in [0.15, 0.2) is 59.5 Å². The van der Waals surface area contributed by atoms with Crippen molar-refractivity contribution in [3.05, 3.63) is 65.7 Å². The summed E-state index contributed by atoms with van der Waals surface area (Å²) >= 11 is 0. The minimum Gasteiger partial charge on any atom is -0.468 e. The summed E-state index contributed by atoms with van der Waals surface area (Å²) in [6.45, 7) is -0.219. The average Bonchev–Trinajstić information content (AvgIpc) is 3.10. The fourth-order valence-corrected chi connectivity index (χ4v) is 4.75. The highest BCUT2D eigenvalue weighted by atomic mass is 32.2. The van der Waals surface area contributed by atoms with Gasteiger partial charge in [0.05, 0.1) is 18.4 Å². The van der Waals surface area contributed by atoms with E-state index in [0.29, 0.717) is 33.3 Å². The molecule has 1 heterocycles. The fraction of sp³-hybridized carbons (Fsp3) is 0.136. The predicted octanol–water partition coefficient (Wildman–Crippen LogP) is 2.04. The van der Waals surface area contributed by atoms with Crippen LogP contribution in [0.4, 0.5) is 11.4 Å². The molecule has 0 saturated carbocycles. The second kappa shape index (κ2) is 8.31. The molecule has 9 nitrogen and oxygen atoms in total. The van der Waals surface area contributed by atoms with Crippen molar-refractivity contribution in [2.24, 2.45) is 0 Å². The van der Waals surface area contributed by atoms with E-state index in [9.17, 15) is 22.8 Å². The number of anilines is 2. The Morgan fingerprint density at radius 3 is 2.50 bits per heavy atom. The number of carbonyl (C=O) groups is 3. The third-order valence-corrected chi connectivity index (χ3v) is 6.45. The smallest absolute Gasteiger partial charge is 0.325 e. The van der Waals surface area contributed by atoms with Gasteiger partial charge in [-0.2, -0.15) is 0 Å². The van der Waals surface area contributed by atoms with Gasteiger partial charge in [-0.05, 0) is 35.9 Å². The molecule has 3 aromatic carbocycles. The van der Waals surface area contributed by atoms with Crippen LogP contribution in [-0.4, -0.2) is 39.9 Å². The molecule has 3 N–H and O–H groups in total. The number of carbonyl (C=O) groups excluding carboxylic acids is 3. The van der Waals surface area contributed by atoms with Gasteiger partial charge in [0.25, 0.3) is 15.9 Å². The zero-order valence-corrected chi connectivity index (χ0v) is 17.8. The molecule has 0 radical (unpaired) electrons. The average molecular weight is 453 g/mol. The van der Waals surface area contributed by atoms with Crippen molar-refractivity contribution in [2.45, 2.75) is 11.3 Å². The molecule has 0 spiro atoms. The first kappa shape index (κ1) is 21.3. The highest BCUT2D eigenvalue weighted by Gasteiger charge is 2.26. The first-order chi connectivity index (χ1) is 15.3. The molecule has 0 saturated heterocycles. The molecule has 4 rings (SSSR count). The van der Waals surface area contributed by atoms with Gasteiger partial charge in [0.15, 0.2) is 0 Å². The highest BCUT2D eigenvalue weighted by molar-refractivity contribution is 7.93. The molecule has 0 atom stereocenters. The lowest BCUT2D eigenvalue weighted by atomic mass is 10.1. The Kier molecular flexibility index (Phi) is 5.54. The highest BCUT2D eigenvalue weighted by Crippen LogP contribution is 2.36. The van der Waals surface area contributed by atoms with Crippen molar-refractivity contribution in [1.82, 2.24) is 5.32 Å². The second-order valence-electron chi connectivity index (χ2n) is 7.13. The van der Waals surface area contributed by atoms with Gasteiger partial charge in [0.2, 0.25) is 5.91 Å². The third kappa shape index (κ3) is 4.12. The van der Waals surface area contributed by atoms with E-state index in [0.717, 1.165) is 0 Å². The summed E-state index contributed by atoms with van der Waals surface area (Å²) in [6, 6.07) is 14.3. The molecule has 10 heteroatoms. The molecular formula is C22H19N3O6S. The maximum atomic E-state index is 13.1. The molecule has 32 heavy (non-hydrogen) atoms. The monoisotopic (exact) mass is 453 g/mol. The largest absolute Gasteiger partial charge is 0.468 e.